The van der Waals surface area contributed by atoms with Crippen LogP contribution in [-0.2, 0) is 11.3 Å². The highest BCUT2D eigenvalue weighted by molar-refractivity contribution is 5.79. The predicted molar refractivity (Wildman–Crippen MR) is 102 cm³/mol. The maximum absolute atomic E-state index is 12.4. The van der Waals surface area contributed by atoms with Crippen molar-refractivity contribution in [1.29, 1.82) is 0 Å². The van der Waals surface area contributed by atoms with Crippen LogP contribution in [-0.4, -0.2) is 30.2 Å². The molecule has 3 rings (SSSR count). The number of rotatable bonds is 6. The molecular formula is C20H21N3O4. The highest BCUT2D eigenvalue weighted by Gasteiger charge is 2.25. The molecule has 1 aliphatic rings. The Bertz CT molecular complexity index is 810. The number of nitro benzene ring substituents is 1. The van der Waals surface area contributed by atoms with Crippen LogP contribution in [0.1, 0.15) is 28.8 Å². The van der Waals surface area contributed by atoms with Crippen LogP contribution in [0.25, 0.3) is 0 Å². The lowest BCUT2D eigenvalue weighted by atomic mass is 9.95. The van der Waals surface area contributed by atoms with E-state index in [4.69, 9.17) is 0 Å². The summed E-state index contributed by atoms with van der Waals surface area (Å²) in [7, 11) is 0. The third-order valence-electron chi connectivity index (χ3n) is 4.87. The van der Waals surface area contributed by atoms with Gasteiger partial charge in [0.15, 0.2) is 0 Å². The van der Waals surface area contributed by atoms with Gasteiger partial charge in [0.2, 0.25) is 5.91 Å². The predicted octanol–water partition coefficient (Wildman–Crippen LogP) is 2.94. The average Bonchev–Trinajstić information content (AvgIpc) is 2.72. The van der Waals surface area contributed by atoms with E-state index in [0.29, 0.717) is 12.1 Å². The number of nitrogens with zero attached hydrogens (tertiary/aromatic N) is 2. The van der Waals surface area contributed by atoms with E-state index < -0.39 is 4.92 Å². The van der Waals surface area contributed by atoms with Crippen LogP contribution in [0.5, 0.6) is 0 Å². The van der Waals surface area contributed by atoms with Gasteiger partial charge >= 0.3 is 0 Å². The van der Waals surface area contributed by atoms with Crippen LogP contribution in [0, 0.1) is 16.0 Å². The Balaban J connectivity index is 1.47. The van der Waals surface area contributed by atoms with Gasteiger partial charge in [-0.1, -0.05) is 12.1 Å². The van der Waals surface area contributed by atoms with Gasteiger partial charge in [-0.25, -0.2) is 0 Å². The molecule has 0 saturated carbocycles. The van der Waals surface area contributed by atoms with E-state index in [1.807, 2.05) is 12.1 Å². The van der Waals surface area contributed by atoms with Crippen LogP contribution in [0.4, 0.5) is 11.4 Å². The van der Waals surface area contributed by atoms with Gasteiger partial charge in [0, 0.05) is 48.9 Å². The molecular weight excluding hydrogens is 346 g/mol. The van der Waals surface area contributed by atoms with E-state index in [9.17, 15) is 19.7 Å². The number of carbonyl (C=O) groups is 2. The van der Waals surface area contributed by atoms with E-state index in [2.05, 4.69) is 10.2 Å². The van der Waals surface area contributed by atoms with Gasteiger partial charge in [-0.05, 0) is 42.7 Å². The second-order valence-electron chi connectivity index (χ2n) is 6.61. The molecule has 2 aromatic carbocycles. The molecule has 7 heteroatoms. The van der Waals surface area contributed by atoms with Crippen LogP contribution in [0.2, 0.25) is 0 Å². The Hall–Kier alpha value is -3.22. The van der Waals surface area contributed by atoms with Crippen molar-refractivity contribution in [1.82, 2.24) is 5.32 Å². The summed E-state index contributed by atoms with van der Waals surface area (Å²) in [5, 5.41) is 13.6. The molecule has 0 radical (unpaired) electrons. The molecule has 1 amide bonds. The first kappa shape index (κ1) is 18.6. The van der Waals surface area contributed by atoms with E-state index >= 15 is 0 Å². The zero-order valence-corrected chi connectivity index (χ0v) is 14.8. The third-order valence-corrected chi connectivity index (χ3v) is 4.87. The summed E-state index contributed by atoms with van der Waals surface area (Å²) in [5.41, 5.74) is 2.59. The summed E-state index contributed by atoms with van der Waals surface area (Å²) in [5.74, 6) is -0.0159. The second-order valence-corrected chi connectivity index (χ2v) is 6.61. The lowest BCUT2D eigenvalue weighted by Gasteiger charge is -2.33. The monoisotopic (exact) mass is 367 g/mol. The molecule has 140 valence electrons. The summed E-state index contributed by atoms with van der Waals surface area (Å²) >= 11 is 0. The first-order valence-corrected chi connectivity index (χ1v) is 8.88. The van der Waals surface area contributed by atoms with Gasteiger partial charge in [0.05, 0.1) is 4.92 Å². The molecule has 0 spiro atoms. The molecule has 1 N–H and O–H groups in total. The van der Waals surface area contributed by atoms with Gasteiger partial charge in [0.1, 0.15) is 6.29 Å². The molecule has 0 aliphatic carbocycles. The number of hydrogen-bond acceptors (Lipinski definition) is 5. The number of piperidine rings is 1. The zero-order valence-electron chi connectivity index (χ0n) is 14.8. The minimum Gasteiger partial charge on any atom is -0.371 e. The summed E-state index contributed by atoms with van der Waals surface area (Å²) < 4.78 is 0. The van der Waals surface area contributed by atoms with Crippen LogP contribution in [0.15, 0.2) is 48.5 Å². The normalized spacial score (nSPS) is 14.6. The quantitative estimate of drug-likeness (QED) is 0.481. The Morgan fingerprint density at radius 3 is 2.30 bits per heavy atom. The average molecular weight is 367 g/mol. The number of benzene rings is 2. The van der Waals surface area contributed by atoms with E-state index in [1.54, 1.807) is 24.3 Å². The van der Waals surface area contributed by atoms with Crippen LogP contribution in [0.3, 0.4) is 0 Å². The number of anilines is 1. The Morgan fingerprint density at radius 2 is 1.74 bits per heavy atom. The van der Waals surface area contributed by atoms with Crippen molar-refractivity contribution in [3.05, 3.63) is 69.8 Å². The van der Waals surface area contributed by atoms with Crippen molar-refractivity contribution in [2.45, 2.75) is 19.4 Å². The lowest BCUT2D eigenvalue weighted by Crippen LogP contribution is -2.40. The summed E-state index contributed by atoms with van der Waals surface area (Å²) in [6.07, 6.45) is 2.36. The molecule has 0 unspecified atom stereocenters. The largest absolute Gasteiger partial charge is 0.371 e. The second kappa shape index (κ2) is 8.44. The van der Waals surface area contributed by atoms with Crippen molar-refractivity contribution >= 4 is 23.6 Å². The van der Waals surface area contributed by atoms with Gasteiger partial charge in [-0.2, -0.15) is 0 Å². The molecule has 27 heavy (non-hydrogen) atoms. The maximum atomic E-state index is 12.4. The highest BCUT2D eigenvalue weighted by Crippen LogP contribution is 2.23. The number of hydrogen-bond donors (Lipinski definition) is 1. The molecule has 1 aliphatic heterocycles. The Kier molecular flexibility index (Phi) is 5.80. The fraction of sp³-hybridized carbons (Fsp3) is 0.300. The summed E-state index contributed by atoms with van der Waals surface area (Å²) in [6.45, 7) is 1.94. The SMILES string of the molecule is O=Cc1ccc(N2CCC(C(=O)NCc3ccc([N+](=O)[O-])cc3)CC2)cc1. The molecule has 1 heterocycles. The van der Waals surface area contributed by atoms with Gasteiger partial charge in [0.25, 0.3) is 5.69 Å². The molecule has 1 fully saturated rings. The molecule has 0 aromatic heterocycles. The number of carbonyl (C=O) groups excluding carboxylic acids is 2. The molecule has 0 bridgehead atoms. The van der Waals surface area contributed by atoms with Crippen molar-refractivity contribution in [3.63, 3.8) is 0 Å². The summed E-state index contributed by atoms with van der Waals surface area (Å²) in [6, 6.07) is 13.6. The molecule has 0 atom stereocenters. The first-order valence-electron chi connectivity index (χ1n) is 8.88. The lowest BCUT2D eigenvalue weighted by molar-refractivity contribution is -0.384. The number of nitro groups is 1. The van der Waals surface area contributed by atoms with Crippen LogP contribution < -0.4 is 10.2 Å². The van der Waals surface area contributed by atoms with Gasteiger partial charge in [-0.15, -0.1) is 0 Å². The first-order chi connectivity index (χ1) is 13.1. The molecule has 7 nitrogen and oxygen atoms in total. The minimum atomic E-state index is -0.442. The van der Waals surface area contributed by atoms with Crippen molar-refractivity contribution < 1.29 is 14.5 Å². The number of amides is 1. The third kappa shape index (κ3) is 4.69. The minimum absolute atomic E-state index is 0.0179. The number of aldehydes is 1. The number of non-ortho nitro benzene ring substituents is 1. The molecule has 2 aromatic rings. The van der Waals surface area contributed by atoms with Crippen LogP contribution >= 0.6 is 0 Å². The van der Waals surface area contributed by atoms with E-state index in [1.165, 1.54) is 12.1 Å². The van der Waals surface area contributed by atoms with Gasteiger partial charge < -0.3 is 10.2 Å². The Labute approximate surface area is 157 Å². The van der Waals surface area contributed by atoms with Crippen molar-refractivity contribution in [2.24, 2.45) is 5.92 Å². The van der Waals surface area contributed by atoms with Gasteiger partial charge in [-0.3, -0.25) is 19.7 Å². The van der Waals surface area contributed by atoms with E-state index in [0.717, 1.165) is 43.5 Å². The topological polar surface area (TPSA) is 92.6 Å². The zero-order chi connectivity index (χ0) is 19.2. The standard InChI is InChI=1S/C20H21N3O4/c24-14-16-3-5-18(6-4-16)22-11-9-17(10-12-22)20(25)21-13-15-1-7-19(8-2-15)23(26)27/h1-8,14,17H,9-13H2,(H,21,25). The fourth-order valence-electron chi connectivity index (χ4n) is 3.23. The molecule has 1 saturated heterocycles. The highest BCUT2D eigenvalue weighted by atomic mass is 16.6. The van der Waals surface area contributed by atoms with Crippen molar-refractivity contribution in [2.75, 3.05) is 18.0 Å². The fourth-order valence-corrected chi connectivity index (χ4v) is 3.23. The summed E-state index contributed by atoms with van der Waals surface area (Å²) in [4.78, 5) is 35.6. The van der Waals surface area contributed by atoms with E-state index in [-0.39, 0.29) is 17.5 Å². The Morgan fingerprint density at radius 1 is 1.11 bits per heavy atom. The van der Waals surface area contributed by atoms with Crippen molar-refractivity contribution in [3.8, 4) is 0 Å². The smallest absolute Gasteiger partial charge is 0.269 e. The number of nitrogens with one attached hydrogen (secondary N) is 1. The maximum Gasteiger partial charge on any atom is 0.269 e.